The number of ether oxygens (including phenoxy) is 1. The Kier molecular flexibility index (Phi) is 4.43. The first kappa shape index (κ1) is 18.4. The molecule has 6 rings (SSSR count). The summed E-state index contributed by atoms with van der Waals surface area (Å²) >= 11 is 0. The maximum absolute atomic E-state index is 12.9. The maximum atomic E-state index is 12.9. The summed E-state index contributed by atoms with van der Waals surface area (Å²) in [5.74, 6) is 1.71. The lowest BCUT2D eigenvalue weighted by Crippen LogP contribution is -2.63. The number of piperidine rings is 2. The normalized spacial score (nSPS) is 28.3. The molecule has 1 unspecified atom stereocenters. The molecule has 0 spiro atoms. The van der Waals surface area contributed by atoms with Gasteiger partial charge in [-0.2, -0.15) is 0 Å². The van der Waals surface area contributed by atoms with Gasteiger partial charge in [0.25, 0.3) is 11.8 Å². The summed E-state index contributed by atoms with van der Waals surface area (Å²) in [6.07, 6.45) is 2.44. The summed E-state index contributed by atoms with van der Waals surface area (Å²) in [7, 11) is 1.67. The lowest BCUT2D eigenvalue weighted by Gasteiger charge is -2.58. The summed E-state index contributed by atoms with van der Waals surface area (Å²) in [4.78, 5) is 29.8. The predicted molar refractivity (Wildman–Crippen MR) is 110 cm³/mol. The fourth-order valence-corrected chi connectivity index (χ4v) is 5.27. The van der Waals surface area contributed by atoms with Crippen molar-refractivity contribution in [1.82, 2.24) is 9.80 Å². The van der Waals surface area contributed by atoms with Crippen LogP contribution in [0.3, 0.4) is 0 Å². The molecular weight excluding hydrogens is 364 g/mol. The van der Waals surface area contributed by atoms with Gasteiger partial charge in [-0.1, -0.05) is 31.2 Å². The summed E-state index contributed by atoms with van der Waals surface area (Å²) in [5, 5.41) is 0. The minimum Gasteiger partial charge on any atom is -0.497 e. The van der Waals surface area contributed by atoms with Gasteiger partial charge in [-0.15, -0.1) is 0 Å². The molecule has 150 valence electrons. The smallest absolute Gasteiger partial charge is 0.261 e. The van der Waals surface area contributed by atoms with Crippen LogP contribution >= 0.6 is 0 Å². The number of imide groups is 1. The van der Waals surface area contributed by atoms with Gasteiger partial charge in [-0.3, -0.25) is 19.4 Å². The Morgan fingerprint density at radius 3 is 2.17 bits per heavy atom. The van der Waals surface area contributed by atoms with Crippen molar-refractivity contribution in [2.75, 3.05) is 13.7 Å². The number of hydrogen-bond acceptors (Lipinski definition) is 4. The quantitative estimate of drug-likeness (QED) is 0.732. The number of methoxy groups -OCH3 is 1. The standard InChI is InChI=1S/C24H26N2O3/c1-15-17-11-18(12-17)25(13-16-7-9-19(29-2)10-8-16)22(15)14-26-23(27)20-5-3-4-6-21(20)24(26)28/h3-10,15,17-18,22H,11-14H2,1-2H3/t15-,17?,18?,22?/m1/s1. The number of carbonyl (C=O) groups excluding carboxylic acids is 2. The largest absolute Gasteiger partial charge is 0.497 e. The molecule has 3 fully saturated rings. The average molecular weight is 390 g/mol. The molecule has 2 aromatic rings. The van der Waals surface area contributed by atoms with E-state index in [1.54, 1.807) is 19.2 Å². The summed E-state index contributed by atoms with van der Waals surface area (Å²) in [6.45, 7) is 3.58. The number of carbonyl (C=O) groups is 2. The fraction of sp³-hybridized carbons (Fsp3) is 0.417. The number of amides is 2. The average Bonchev–Trinajstić information content (AvgIpc) is 2.95. The summed E-state index contributed by atoms with van der Waals surface area (Å²) < 4.78 is 5.27. The van der Waals surface area contributed by atoms with Crippen LogP contribution < -0.4 is 4.74 Å². The van der Waals surface area contributed by atoms with E-state index >= 15 is 0 Å². The number of benzene rings is 2. The summed E-state index contributed by atoms with van der Waals surface area (Å²) in [6, 6.07) is 16.1. The Bertz CT molecular complexity index is 914. The Labute approximate surface area is 171 Å². The molecule has 2 atom stereocenters. The van der Waals surface area contributed by atoms with E-state index in [-0.39, 0.29) is 17.9 Å². The van der Waals surface area contributed by atoms with Crippen LogP contribution in [0.5, 0.6) is 5.75 Å². The topological polar surface area (TPSA) is 49.9 Å². The van der Waals surface area contributed by atoms with Gasteiger partial charge in [0.2, 0.25) is 0 Å². The molecule has 3 heterocycles. The van der Waals surface area contributed by atoms with Crippen molar-refractivity contribution >= 4 is 11.8 Å². The van der Waals surface area contributed by atoms with Crippen molar-refractivity contribution in [3.05, 3.63) is 65.2 Å². The minimum atomic E-state index is -0.151. The van der Waals surface area contributed by atoms with Gasteiger partial charge in [-0.25, -0.2) is 0 Å². The molecule has 5 nitrogen and oxygen atoms in total. The van der Waals surface area contributed by atoms with E-state index in [4.69, 9.17) is 4.74 Å². The minimum absolute atomic E-state index is 0.151. The van der Waals surface area contributed by atoms with Crippen LogP contribution in [0, 0.1) is 11.8 Å². The molecule has 1 aliphatic carbocycles. The van der Waals surface area contributed by atoms with Gasteiger partial charge >= 0.3 is 0 Å². The molecule has 0 aromatic heterocycles. The van der Waals surface area contributed by atoms with Gasteiger partial charge in [-0.05, 0) is 54.5 Å². The number of rotatable bonds is 5. The molecule has 1 saturated carbocycles. The third kappa shape index (κ3) is 2.96. The highest BCUT2D eigenvalue weighted by Gasteiger charge is 2.50. The van der Waals surface area contributed by atoms with Crippen molar-refractivity contribution in [3.8, 4) is 5.75 Å². The molecule has 0 N–H and O–H groups in total. The second-order valence-electron chi connectivity index (χ2n) is 8.60. The van der Waals surface area contributed by atoms with Crippen LogP contribution in [0.2, 0.25) is 0 Å². The van der Waals surface area contributed by atoms with E-state index in [2.05, 4.69) is 24.0 Å². The van der Waals surface area contributed by atoms with E-state index < -0.39 is 0 Å². The van der Waals surface area contributed by atoms with Crippen LogP contribution in [-0.4, -0.2) is 47.4 Å². The van der Waals surface area contributed by atoms with Gasteiger partial charge in [0, 0.05) is 25.2 Å². The number of hydrogen-bond donors (Lipinski definition) is 0. The Balaban J connectivity index is 1.38. The van der Waals surface area contributed by atoms with Crippen molar-refractivity contribution in [2.24, 2.45) is 11.8 Å². The van der Waals surface area contributed by atoms with Crippen LogP contribution in [0.15, 0.2) is 48.5 Å². The predicted octanol–water partition coefficient (Wildman–Crippen LogP) is 3.59. The van der Waals surface area contributed by atoms with E-state index in [0.717, 1.165) is 12.3 Å². The molecule has 2 saturated heterocycles. The summed E-state index contributed by atoms with van der Waals surface area (Å²) in [5.41, 5.74) is 2.30. The zero-order chi connectivity index (χ0) is 20.1. The zero-order valence-corrected chi connectivity index (χ0v) is 16.9. The fourth-order valence-electron chi connectivity index (χ4n) is 5.27. The van der Waals surface area contributed by atoms with Crippen molar-refractivity contribution in [2.45, 2.75) is 38.4 Å². The Morgan fingerprint density at radius 1 is 0.966 bits per heavy atom. The Morgan fingerprint density at radius 2 is 1.59 bits per heavy atom. The third-order valence-electron chi connectivity index (χ3n) is 7.17. The zero-order valence-electron chi connectivity index (χ0n) is 16.9. The molecule has 0 radical (unpaired) electrons. The molecule has 2 bridgehead atoms. The lowest BCUT2D eigenvalue weighted by atomic mass is 9.64. The number of fused-ring (bicyclic) bond motifs is 3. The molecule has 2 amide bonds. The monoisotopic (exact) mass is 390 g/mol. The molecule has 5 heteroatoms. The highest BCUT2D eigenvalue weighted by atomic mass is 16.5. The first-order valence-corrected chi connectivity index (χ1v) is 10.4. The third-order valence-corrected chi connectivity index (χ3v) is 7.17. The highest BCUT2D eigenvalue weighted by Crippen LogP contribution is 2.47. The second-order valence-corrected chi connectivity index (χ2v) is 8.60. The highest BCUT2D eigenvalue weighted by molar-refractivity contribution is 6.21. The molecule has 29 heavy (non-hydrogen) atoms. The van der Waals surface area contributed by atoms with Crippen LogP contribution in [0.1, 0.15) is 46.0 Å². The van der Waals surface area contributed by atoms with Crippen molar-refractivity contribution < 1.29 is 14.3 Å². The SMILES string of the molecule is COc1ccc(CN2C3CC(C3)[C@@H](C)C2CN2C(=O)c3ccccc3C2=O)cc1. The lowest BCUT2D eigenvalue weighted by molar-refractivity contribution is -0.0842. The molecular formula is C24H26N2O3. The van der Waals surface area contributed by atoms with E-state index in [1.807, 2.05) is 24.3 Å². The van der Waals surface area contributed by atoms with E-state index in [1.165, 1.54) is 23.3 Å². The molecule has 3 aliphatic heterocycles. The van der Waals surface area contributed by atoms with Gasteiger partial charge in [0.05, 0.1) is 18.2 Å². The van der Waals surface area contributed by atoms with Crippen LogP contribution in [0.25, 0.3) is 0 Å². The van der Waals surface area contributed by atoms with Gasteiger partial charge in [0.15, 0.2) is 0 Å². The molecule has 2 aromatic carbocycles. The van der Waals surface area contributed by atoms with Crippen molar-refractivity contribution in [3.63, 3.8) is 0 Å². The second kappa shape index (κ2) is 6.99. The van der Waals surface area contributed by atoms with E-state index in [9.17, 15) is 9.59 Å². The van der Waals surface area contributed by atoms with Crippen LogP contribution in [-0.2, 0) is 6.54 Å². The van der Waals surface area contributed by atoms with Gasteiger partial charge < -0.3 is 4.74 Å². The molecule has 4 aliphatic rings. The van der Waals surface area contributed by atoms with E-state index in [0.29, 0.717) is 35.5 Å². The first-order chi connectivity index (χ1) is 14.1. The first-order valence-electron chi connectivity index (χ1n) is 10.4. The van der Waals surface area contributed by atoms with Crippen LogP contribution in [0.4, 0.5) is 0 Å². The Hall–Kier alpha value is -2.66. The van der Waals surface area contributed by atoms with Gasteiger partial charge in [0.1, 0.15) is 5.75 Å². The number of nitrogens with zero attached hydrogens (tertiary/aromatic N) is 2. The van der Waals surface area contributed by atoms with Crippen molar-refractivity contribution in [1.29, 1.82) is 0 Å². The maximum Gasteiger partial charge on any atom is 0.261 e.